The maximum atomic E-state index is 12.3. The summed E-state index contributed by atoms with van der Waals surface area (Å²) < 4.78 is 6.50. The first kappa shape index (κ1) is 25.6. The van der Waals surface area contributed by atoms with Gasteiger partial charge in [-0.3, -0.25) is 14.2 Å². The molecule has 4 aromatic rings. The van der Waals surface area contributed by atoms with Crippen molar-refractivity contribution in [3.8, 4) is 17.1 Å². The summed E-state index contributed by atoms with van der Waals surface area (Å²) in [6.07, 6.45) is 7.63. The number of rotatable bonds is 11. The fourth-order valence-electron chi connectivity index (χ4n) is 3.99. The highest BCUT2D eigenvalue weighted by atomic mass is 16.5. The quantitative estimate of drug-likeness (QED) is 0.277. The SMILES string of the molecule is CCCC(Nc1ccc(-n2cnc(-c3ccccc3)c2)nc1)c1ccc(C(=O)NCCC(=O)OC)cc1. The summed E-state index contributed by atoms with van der Waals surface area (Å²) in [4.78, 5) is 32.7. The second-order valence-electron chi connectivity index (χ2n) is 8.63. The zero-order valence-electron chi connectivity index (χ0n) is 21.1. The third-order valence-electron chi connectivity index (χ3n) is 6.00. The molecular formula is C29H31N5O3. The molecule has 0 saturated heterocycles. The average Bonchev–Trinajstić information content (AvgIpc) is 3.44. The number of carbonyl (C=O) groups is 2. The van der Waals surface area contributed by atoms with Crippen molar-refractivity contribution in [1.82, 2.24) is 19.9 Å². The van der Waals surface area contributed by atoms with E-state index in [1.807, 2.05) is 71.6 Å². The number of benzene rings is 2. The van der Waals surface area contributed by atoms with Crippen molar-refractivity contribution in [2.45, 2.75) is 32.2 Å². The molecule has 2 aromatic heterocycles. The molecular weight excluding hydrogens is 466 g/mol. The Morgan fingerprint density at radius 3 is 2.46 bits per heavy atom. The summed E-state index contributed by atoms with van der Waals surface area (Å²) in [5.41, 5.74) is 4.50. The van der Waals surface area contributed by atoms with Crippen LogP contribution in [0.1, 0.15) is 48.1 Å². The number of imidazole rings is 1. The zero-order chi connectivity index (χ0) is 26.0. The van der Waals surface area contributed by atoms with Gasteiger partial charge in [-0.2, -0.15) is 0 Å². The molecule has 1 unspecified atom stereocenters. The first-order chi connectivity index (χ1) is 18.1. The van der Waals surface area contributed by atoms with Gasteiger partial charge in [0.25, 0.3) is 5.91 Å². The van der Waals surface area contributed by atoms with Crippen LogP contribution in [0.4, 0.5) is 5.69 Å². The smallest absolute Gasteiger partial charge is 0.307 e. The number of carbonyl (C=O) groups excluding carboxylic acids is 2. The Morgan fingerprint density at radius 2 is 1.78 bits per heavy atom. The summed E-state index contributed by atoms with van der Waals surface area (Å²) >= 11 is 0. The van der Waals surface area contributed by atoms with E-state index in [2.05, 4.69) is 32.3 Å². The highest BCUT2D eigenvalue weighted by Gasteiger charge is 2.13. The van der Waals surface area contributed by atoms with Gasteiger partial charge >= 0.3 is 5.97 Å². The van der Waals surface area contributed by atoms with Crippen molar-refractivity contribution in [3.63, 3.8) is 0 Å². The average molecular weight is 498 g/mol. The van der Waals surface area contributed by atoms with E-state index in [-0.39, 0.29) is 30.9 Å². The number of hydrogen-bond acceptors (Lipinski definition) is 6. The Bertz CT molecular complexity index is 1300. The minimum Gasteiger partial charge on any atom is -0.469 e. The maximum absolute atomic E-state index is 12.3. The lowest BCUT2D eigenvalue weighted by molar-refractivity contribution is -0.140. The molecule has 190 valence electrons. The Hall–Kier alpha value is -4.46. The van der Waals surface area contributed by atoms with Crippen LogP contribution in [0, 0.1) is 0 Å². The van der Waals surface area contributed by atoms with Crippen LogP contribution in [-0.2, 0) is 9.53 Å². The summed E-state index contributed by atoms with van der Waals surface area (Å²) in [5.74, 6) is 0.216. The largest absolute Gasteiger partial charge is 0.469 e. The van der Waals surface area contributed by atoms with Crippen LogP contribution >= 0.6 is 0 Å². The van der Waals surface area contributed by atoms with Crippen molar-refractivity contribution in [1.29, 1.82) is 0 Å². The molecule has 4 rings (SSSR count). The lowest BCUT2D eigenvalue weighted by Gasteiger charge is -2.20. The third-order valence-corrected chi connectivity index (χ3v) is 6.00. The minimum atomic E-state index is -0.353. The molecule has 0 aliphatic carbocycles. The van der Waals surface area contributed by atoms with Crippen LogP contribution in [-0.4, -0.2) is 40.1 Å². The van der Waals surface area contributed by atoms with Gasteiger partial charge in [0.2, 0.25) is 0 Å². The fraction of sp³-hybridized carbons (Fsp3) is 0.241. The van der Waals surface area contributed by atoms with Crippen molar-refractivity contribution in [2.75, 3.05) is 19.0 Å². The molecule has 0 bridgehead atoms. The van der Waals surface area contributed by atoms with Gasteiger partial charge in [0.15, 0.2) is 0 Å². The number of anilines is 1. The highest BCUT2D eigenvalue weighted by Crippen LogP contribution is 2.25. The fourth-order valence-corrected chi connectivity index (χ4v) is 3.99. The van der Waals surface area contributed by atoms with Crippen LogP contribution in [0.15, 0.2) is 85.5 Å². The standard InChI is InChI=1S/C29H31N5O3/c1-3-7-25(22-10-12-23(13-11-22)29(36)30-17-16-28(35)37-2)33-24-14-15-27(31-18-24)34-19-26(32-20-34)21-8-5-4-6-9-21/h4-6,8-15,18-20,25,33H,3,7,16-17H2,1-2H3,(H,30,36). The number of hydrogen-bond donors (Lipinski definition) is 2. The maximum Gasteiger partial charge on any atom is 0.307 e. The number of aromatic nitrogens is 3. The molecule has 2 N–H and O–H groups in total. The molecule has 0 aliphatic rings. The van der Waals surface area contributed by atoms with Crippen LogP contribution in [0.3, 0.4) is 0 Å². The lowest BCUT2D eigenvalue weighted by Crippen LogP contribution is -2.26. The van der Waals surface area contributed by atoms with Gasteiger partial charge in [0, 0.05) is 23.9 Å². The van der Waals surface area contributed by atoms with Gasteiger partial charge in [-0.25, -0.2) is 9.97 Å². The molecule has 1 atom stereocenters. The predicted octanol–water partition coefficient (Wildman–Crippen LogP) is 5.18. The number of nitrogens with zero attached hydrogens (tertiary/aromatic N) is 3. The number of ether oxygens (including phenoxy) is 1. The number of nitrogens with one attached hydrogen (secondary N) is 2. The first-order valence-electron chi connectivity index (χ1n) is 12.3. The molecule has 2 heterocycles. The van der Waals surface area contributed by atoms with Crippen molar-refractivity contribution >= 4 is 17.6 Å². The lowest BCUT2D eigenvalue weighted by atomic mass is 10.0. The summed E-state index contributed by atoms with van der Waals surface area (Å²) in [5, 5.41) is 6.31. The van der Waals surface area contributed by atoms with Gasteiger partial charge in [0.1, 0.15) is 12.1 Å². The Kier molecular flexibility index (Phi) is 8.65. The normalized spacial score (nSPS) is 11.5. The van der Waals surface area contributed by atoms with Crippen molar-refractivity contribution in [2.24, 2.45) is 0 Å². The second-order valence-corrected chi connectivity index (χ2v) is 8.63. The molecule has 0 saturated carbocycles. The van der Waals surface area contributed by atoms with E-state index >= 15 is 0 Å². The summed E-state index contributed by atoms with van der Waals surface area (Å²) in [7, 11) is 1.33. The molecule has 8 heteroatoms. The van der Waals surface area contributed by atoms with Crippen molar-refractivity contribution in [3.05, 3.63) is 96.6 Å². The Balaban J connectivity index is 1.39. The predicted molar refractivity (Wildman–Crippen MR) is 143 cm³/mol. The Morgan fingerprint density at radius 1 is 1.00 bits per heavy atom. The van der Waals surface area contributed by atoms with E-state index in [4.69, 9.17) is 0 Å². The molecule has 0 spiro atoms. The molecule has 37 heavy (non-hydrogen) atoms. The van der Waals surface area contributed by atoms with Crippen LogP contribution in [0.25, 0.3) is 17.1 Å². The topological polar surface area (TPSA) is 98.1 Å². The summed E-state index contributed by atoms with van der Waals surface area (Å²) in [6.45, 7) is 2.38. The van der Waals surface area contributed by atoms with E-state index < -0.39 is 0 Å². The summed E-state index contributed by atoms with van der Waals surface area (Å²) in [6, 6.07) is 21.6. The number of amides is 1. The first-order valence-corrected chi connectivity index (χ1v) is 12.3. The molecule has 1 amide bonds. The van der Waals surface area contributed by atoms with Gasteiger partial charge in [-0.05, 0) is 36.2 Å². The third kappa shape index (κ3) is 6.82. The van der Waals surface area contributed by atoms with E-state index in [1.165, 1.54) is 7.11 Å². The highest BCUT2D eigenvalue weighted by molar-refractivity contribution is 5.94. The van der Waals surface area contributed by atoms with Gasteiger partial charge in [0.05, 0.1) is 37.2 Å². The monoisotopic (exact) mass is 497 g/mol. The van der Waals surface area contributed by atoms with E-state index in [0.717, 1.165) is 41.2 Å². The Labute approximate surface area is 216 Å². The molecule has 0 fully saturated rings. The van der Waals surface area contributed by atoms with Gasteiger partial charge < -0.3 is 15.4 Å². The van der Waals surface area contributed by atoms with E-state index in [0.29, 0.717) is 5.56 Å². The van der Waals surface area contributed by atoms with E-state index in [1.54, 1.807) is 18.5 Å². The number of methoxy groups -OCH3 is 1. The minimum absolute atomic E-state index is 0.0759. The van der Waals surface area contributed by atoms with E-state index in [9.17, 15) is 9.59 Å². The molecule has 0 aliphatic heterocycles. The molecule has 8 nitrogen and oxygen atoms in total. The van der Waals surface area contributed by atoms with Crippen LogP contribution in [0.2, 0.25) is 0 Å². The van der Waals surface area contributed by atoms with Crippen molar-refractivity contribution < 1.29 is 14.3 Å². The molecule has 2 aromatic carbocycles. The van der Waals surface area contributed by atoms with Gasteiger partial charge in [-0.1, -0.05) is 55.8 Å². The van der Waals surface area contributed by atoms with Crippen LogP contribution in [0.5, 0.6) is 0 Å². The zero-order valence-corrected chi connectivity index (χ0v) is 21.1. The number of pyridine rings is 1. The van der Waals surface area contributed by atoms with Crippen LogP contribution < -0.4 is 10.6 Å². The number of esters is 1. The molecule has 0 radical (unpaired) electrons. The second kappa shape index (κ2) is 12.5. The van der Waals surface area contributed by atoms with Gasteiger partial charge in [-0.15, -0.1) is 0 Å².